The first kappa shape index (κ1) is 38.7. The molecule has 3 fully saturated rings. The van der Waals surface area contributed by atoms with Crippen LogP contribution in [0.5, 0.6) is 0 Å². The molecule has 2 saturated heterocycles. The highest BCUT2D eigenvalue weighted by molar-refractivity contribution is 7.09. The number of nitrogens with zero attached hydrogens (tertiary/aromatic N) is 4. The van der Waals surface area contributed by atoms with Crippen LogP contribution in [0.1, 0.15) is 104 Å². The zero-order valence-corrected chi connectivity index (χ0v) is 31.3. The van der Waals surface area contributed by atoms with Crippen molar-refractivity contribution < 1.29 is 32.9 Å². The fourth-order valence-electron chi connectivity index (χ4n) is 7.46. The number of hydrogen-bond donors (Lipinski definition) is 0. The van der Waals surface area contributed by atoms with E-state index in [1.165, 1.54) is 12.8 Å². The van der Waals surface area contributed by atoms with Gasteiger partial charge in [-0.05, 0) is 37.7 Å². The van der Waals surface area contributed by atoms with Gasteiger partial charge in [0.15, 0.2) is 6.29 Å². The Bertz CT molecular complexity index is 1370. The second-order valence-electron chi connectivity index (χ2n) is 14.4. The van der Waals surface area contributed by atoms with Crippen molar-refractivity contribution in [3.63, 3.8) is 0 Å². The Morgan fingerprint density at radius 3 is 2.46 bits per heavy atom. The van der Waals surface area contributed by atoms with E-state index in [1.807, 2.05) is 33.4 Å². The van der Waals surface area contributed by atoms with Crippen molar-refractivity contribution in [2.75, 3.05) is 66.8 Å². The van der Waals surface area contributed by atoms with E-state index in [0.717, 1.165) is 56.6 Å². The molecule has 1 aliphatic carbocycles. The van der Waals surface area contributed by atoms with Crippen LogP contribution in [0.15, 0.2) is 23.6 Å². The molecular weight excluding hydrogens is 660 g/mol. The zero-order valence-electron chi connectivity index (χ0n) is 30.5. The fraction of sp³-hybridized carbons (Fsp3) is 0.711. The summed E-state index contributed by atoms with van der Waals surface area (Å²) < 4.78 is 38.7. The Labute approximate surface area is 301 Å². The van der Waals surface area contributed by atoms with E-state index in [4.69, 9.17) is 18.9 Å². The second kappa shape index (κ2) is 18.8. The van der Waals surface area contributed by atoms with Gasteiger partial charge in [0.2, 0.25) is 5.91 Å². The Kier molecular flexibility index (Phi) is 14.6. The normalized spacial score (nSPS) is 19.0. The van der Waals surface area contributed by atoms with Crippen molar-refractivity contribution in [1.82, 2.24) is 19.7 Å². The summed E-state index contributed by atoms with van der Waals surface area (Å²) >= 11 is 1.54. The number of halogens is 1. The smallest absolute Gasteiger partial charge is 0.273 e. The first-order valence-corrected chi connectivity index (χ1v) is 19.4. The Morgan fingerprint density at radius 1 is 1.06 bits per heavy atom. The molecule has 0 atom stereocenters. The van der Waals surface area contributed by atoms with E-state index in [2.05, 4.69) is 23.7 Å². The average molecular weight is 717 g/mol. The lowest BCUT2D eigenvalue weighted by molar-refractivity contribution is -0.150. The van der Waals surface area contributed by atoms with Crippen molar-refractivity contribution in [1.29, 1.82) is 0 Å². The van der Waals surface area contributed by atoms with Gasteiger partial charge in [0.1, 0.15) is 11.5 Å². The topological polar surface area (TPSA) is 93.7 Å². The average Bonchev–Trinajstić information content (AvgIpc) is 3.48. The van der Waals surface area contributed by atoms with Gasteiger partial charge in [-0.1, -0.05) is 57.7 Å². The number of carbonyl (C=O) groups excluding carboxylic acids is 2. The van der Waals surface area contributed by atoms with Gasteiger partial charge in [-0.2, -0.15) is 0 Å². The molecule has 1 aromatic heterocycles. The summed E-state index contributed by atoms with van der Waals surface area (Å²) in [6, 6.07) is 5.78. The molecule has 2 aromatic rings. The summed E-state index contributed by atoms with van der Waals surface area (Å²) in [5.74, 6) is 0.135. The summed E-state index contributed by atoms with van der Waals surface area (Å²) in [5.41, 5.74) is 1.45. The van der Waals surface area contributed by atoms with E-state index >= 15 is 4.39 Å². The minimum absolute atomic E-state index is 0.0215. The number of methoxy groups -OCH3 is 2. The van der Waals surface area contributed by atoms with Crippen molar-refractivity contribution in [2.24, 2.45) is 0 Å². The van der Waals surface area contributed by atoms with Crippen molar-refractivity contribution in [3.05, 3.63) is 51.2 Å². The number of carbonyl (C=O) groups is 2. The predicted molar refractivity (Wildman–Crippen MR) is 192 cm³/mol. The lowest BCUT2D eigenvalue weighted by Gasteiger charge is -2.47. The zero-order chi connectivity index (χ0) is 35.5. The first-order valence-electron chi connectivity index (χ1n) is 18.5. The third-order valence-electron chi connectivity index (χ3n) is 10.5. The van der Waals surface area contributed by atoms with Crippen molar-refractivity contribution in [3.8, 4) is 0 Å². The molecule has 1 saturated carbocycles. The Balaban J connectivity index is 1.07. The molecule has 0 radical (unpaired) electrons. The molecule has 1 aromatic carbocycles. The molecule has 50 heavy (non-hydrogen) atoms. The van der Waals surface area contributed by atoms with Crippen LogP contribution in [0.2, 0.25) is 0 Å². The monoisotopic (exact) mass is 716 g/mol. The number of likely N-dealkylation sites (tertiary alicyclic amines) is 1. The summed E-state index contributed by atoms with van der Waals surface area (Å²) in [6.07, 6.45) is 8.50. The molecule has 12 heteroatoms. The van der Waals surface area contributed by atoms with Crippen LogP contribution >= 0.6 is 11.3 Å². The fourth-order valence-corrected chi connectivity index (χ4v) is 8.27. The van der Waals surface area contributed by atoms with Crippen LogP contribution in [0.3, 0.4) is 0 Å². The number of rotatable bonds is 15. The number of piperidine rings is 1. The number of ether oxygens (including phenoxy) is 4. The molecular formula is C38H57FN4O6S. The van der Waals surface area contributed by atoms with E-state index in [9.17, 15) is 9.59 Å². The molecule has 0 unspecified atom stereocenters. The predicted octanol–water partition coefficient (Wildman–Crippen LogP) is 6.03. The van der Waals surface area contributed by atoms with Gasteiger partial charge in [-0.15, -0.1) is 11.3 Å². The number of morpholine rings is 1. The van der Waals surface area contributed by atoms with Crippen LogP contribution in [-0.4, -0.2) is 116 Å². The lowest BCUT2D eigenvalue weighted by atomic mass is 9.89. The molecule has 5 rings (SSSR count). The van der Waals surface area contributed by atoms with Gasteiger partial charge < -0.3 is 28.7 Å². The van der Waals surface area contributed by atoms with Gasteiger partial charge in [0, 0.05) is 63.3 Å². The molecule has 2 aliphatic heterocycles. The second-order valence-corrected chi connectivity index (χ2v) is 15.2. The van der Waals surface area contributed by atoms with Crippen LogP contribution in [0.25, 0.3) is 0 Å². The largest absolute Gasteiger partial charge is 0.381 e. The number of thiazole rings is 1. The molecule has 10 nitrogen and oxygen atoms in total. The van der Waals surface area contributed by atoms with Crippen LogP contribution < -0.4 is 0 Å². The maximum absolute atomic E-state index is 15.7. The third kappa shape index (κ3) is 10.3. The first-order chi connectivity index (χ1) is 24.2. The molecule has 3 aliphatic rings. The SMILES string of the molecule is COC(CN(C(=O)CCOCCc1cccc(CN2CCC3(CC2)CN(C(=O)c2csc(C(C)C)n2)CCO3)c1F)C1CCCCCC1)OC. The number of benzene rings is 1. The lowest BCUT2D eigenvalue weighted by Crippen LogP contribution is -2.58. The van der Waals surface area contributed by atoms with Gasteiger partial charge in [0.05, 0.1) is 49.9 Å². The number of hydrogen-bond acceptors (Lipinski definition) is 9. The third-order valence-corrected chi connectivity index (χ3v) is 11.7. The molecule has 278 valence electrons. The van der Waals surface area contributed by atoms with Gasteiger partial charge in [-0.25, -0.2) is 9.37 Å². The minimum atomic E-state index is -0.460. The molecule has 0 N–H and O–H groups in total. The molecule has 3 heterocycles. The van der Waals surface area contributed by atoms with Crippen molar-refractivity contribution >= 4 is 23.2 Å². The molecule has 2 amide bonds. The van der Waals surface area contributed by atoms with Crippen LogP contribution in [0, 0.1) is 5.82 Å². The summed E-state index contributed by atoms with van der Waals surface area (Å²) in [4.78, 5) is 37.2. The maximum Gasteiger partial charge on any atom is 0.273 e. The molecule has 1 spiro atoms. The summed E-state index contributed by atoms with van der Waals surface area (Å²) in [6.45, 7) is 8.91. The van der Waals surface area contributed by atoms with Gasteiger partial charge in [0.25, 0.3) is 5.91 Å². The van der Waals surface area contributed by atoms with E-state index in [-0.39, 0.29) is 42.3 Å². The number of aromatic nitrogens is 1. The Morgan fingerprint density at radius 2 is 1.78 bits per heavy atom. The summed E-state index contributed by atoms with van der Waals surface area (Å²) in [7, 11) is 3.19. The standard InChI is InChI=1S/C38H57FN4O6S/c1-28(2)36-40-32(26-50-36)37(45)42-20-23-49-38(27-42)16-18-41(19-17-38)24-30-11-9-10-29(35(30)39)14-21-48-22-15-33(44)43(25-34(46-3)47-4)31-12-7-5-6-8-13-31/h9-11,26,28,31,34H,5-8,12-25,27H2,1-4H3. The van der Waals surface area contributed by atoms with E-state index in [0.29, 0.717) is 68.6 Å². The highest BCUT2D eigenvalue weighted by Crippen LogP contribution is 2.32. The van der Waals surface area contributed by atoms with E-state index < -0.39 is 6.29 Å². The minimum Gasteiger partial charge on any atom is -0.381 e. The van der Waals surface area contributed by atoms with Gasteiger partial charge >= 0.3 is 0 Å². The van der Waals surface area contributed by atoms with Crippen LogP contribution in [0.4, 0.5) is 4.39 Å². The van der Waals surface area contributed by atoms with Crippen molar-refractivity contribution in [2.45, 2.75) is 108 Å². The highest BCUT2D eigenvalue weighted by Gasteiger charge is 2.41. The number of amides is 2. The summed E-state index contributed by atoms with van der Waals surface area (Å²) in [5, 5.41) is 2.85. The Hall–Kier alpha value is -2.48. The van der Waals surface area contributed by atoms with E-state index in [1.54, 1.807) is 25.6 Å². The quantitative estimate of drug-likeness (QED) is 0.125. The van der Waals surface area contributed by atoms with Gasteiger partial charge in [-0.3, -0.25) is 14.5 Å². The maximum atomic E-state index is 15.7. The van der Waals surface area contributed by atoms with Crippen LogP contribution in [-0.2, 0) is 36.7 Å². The highest BCUT2D eigenvalue weighted by atomic mass is 32.1. The molecule has 0 bridgehead atoms.